The summed E-state index contributed by atoms with van der Waals surface area (Å²) in [6.45, 7) is 17.4. The molecule has 8 heteroatoms. The topological polar surface area (TPSA) is 83.1 Å². The molecular formula is C24H40BNO6. The molecule has 1 amide bonds. The van der Waals surface area contributed by atoms with E-state index in [-0.39, 0.29) is 54.4 Å². The molecule has 180 valence electrons. The average Bonchev–Trinajstić information content (AvgIpc) is 2.88. The first kappa shape index (κ1) is 26.6. The molecule has 0 bridgehead atoms. The van der Waals surface area contributed by atoms with Gasteiger partial charge in [-0.1, -0.05) is 13.0 Å². The summed E-state index contributed by atoms with van der Waals surface area (Å²) in [6.07, 6.45) is 6.24. The Labute approximate surface area is 193 Å². The van der Waals surface area contributed by atoms with E-state index in [2.05, 4.69) is 46.0 Å². The summed E-state index contributed by atoms with van der Waals surface area (Å²) in [5.41, 5.74) is 0.340. The van der Waals surface area contributed by atoms with Crippen LogP contribution in [0.3, 0.4) is 0 Å². The van der Waals surface area contributed by atoms with Crippen LogP contribution in [-0.2, 0) is 28.4 Å². The number of nitrogens with one attached hydrogen (secondary N) is 1. The van der Waals surface area contributed by atoms with E-state index in [0.717, 1.165) is 18.3 Å². The molecule has 7 nitrogen and oxygen atoms in total. The molecular weight excluding hydrogens is 409 g/mol. The van der Waals surface area contributed by atoms with Crippen molar-refractivity contribution in [2.24, 2.45) is 5.92 Å². The Balaban J connectivity index is 1.87. The zero-order chi connectivity index (χ0) is 24.3. The molecule has 5 atom stereocenters. The number of allylic oxidation sites excluding steroid dienone is 1. The molecule has 2 fully saturated rings. The second-order valence-electron chi connectivity index (χ2n) is 10.2. The highest BCUT2D eigenvalue weighted by Gasteiger charge is 2.51. The highest BCUT2D eigenvalue weighted by Crippen LogP contribution is 2.38. The molecule has 32 heavy (non-hydrogen) atoms. The number of esters is 1. The molecule has 2 aliphatic rings. The lowest BCUT2D eigenvalue weighted by atomic mass is 9.78. The lowest BCUT2D eigenvalue weighted by Crippen LogP contribution is -2.50. The summed E-state index contributed by atoms with van der Waals surface area (Å²) in [4.78, 5) is 23.2. The second-order valence-corrected chi connectivity index (χ2v) is 10.2. The molecule has 0 aromatic rings. The van der Waals surface area contributed by atoms with Gasteiger partial charge in [0.2, 0.25) is 5.91 Å². The quantitative estimate of drug-likeness (QED) is 0.362. The molecule has 0 aromatic carbocycles. The third-order valence-electron chi connectivity index (χ3n) is 6.71. The molecule has 0 radical (unpaired) electrons. The van der Waals surface area contributed by atoms with Gasteiger partial charge in [0.15, 0.2) is 0 Å². The molecule has 2 rings (SSSR count). The first-order valence-electron chi connectivity index (χ1n) is 11.6. The van der Waals surface area contributed by atoms with E-state index in [1.165, 1.54) is 13.0 Å². The SMILES string of the molecule is CC(=O)O[C@@H](C)/C=C\C(=O)N[C@@H]1C[C@@H](C)[C@H](C/C=C(\C)B2OC(C)(C)C(C)(C)O2)O[C@@H]1C. The van der Waals surface area contributed by atoms with Crippen LogP contribution < -0.4 is 5.32 Å². The Kier molecular flexibility index (Phi) is 8.76. The Morgan fingerprint density at radius 3 is 2.31 bits per heavy atom. The van der Waals surface area contributed by atoms with Crippen LogP contribution in [0.5, 0.6) is 0 Å². The molecule has 0 saturated carbocycles. The Bertz CT molecular complexity index is 731. The fourth-order valence-corrected chi connectivity index (χ4v) is 3.89. The van der Waals surface area contributed by atoms with Gasteiger partial charge in [-0.25, -0.2) is 0 Å². The van der Waals surface area contributed by atoms with E-state index in [4.69, 9.17) is 18.8 Å². The maximum atomic E-state index is 12.3. The number of hydrogen-bond acceptors (Lipinski definition) is 6. The summed E-state index contributed by atoms with van der Waals surface area (Å²) in [7, 11) is -0.343. The zero-order valence-electron chi connectivity index (χ0n) is 21.1. The van der Waals surface area contributed by atoms with Crippen LogP contribution >= 0.6 is 0 Å². The van der Waals surface area contributed by atoms with Crippen LogP contribution in [0.2, 0.25) is 0 Å². The normalized spacial score (nSPS) is 30.9. The fourth-order valence-electron chi connectivity index (χ4n) is 3.89. The third kappa shape index (κ3) is 6.93. The summed E-state index contributed by atoms with van der Waals surface area (Å²) in [5.74, 6) is -0.311. The van der Waals surface area contributed by atoms with Crippen molar-refractivity contribution in [2.75, 3.05) is 0 Å². The summed E-state index contributed by atoms with van der Waals surface area (Å²) < 4.78 is 23.5. The van der Waals surface area contributed by atoms with Gasteiger partial charge in [-0.3, -0.25) is 9.59 Å². The van der Waals surface area contributed by atoms with E-state index in [9.17, 15) is 9.59 Å². The van der Waals surface area contributed by atoms with Gasteiger partial charge in [-0.2, -0.15) is 0 Å². The number of hydrogen-bond donors (Lipinski definition) is 1. The average molecular weight is 449 g/mol. The van der Waals surface area contributed by atoms with Crippen molar-refractivity contribution in [2.45, 2.75) is 111 Å². The van der Waals surface area contributed by atoms with Crippen LogP contribution in [-0.4, -0.2) is 54.6 Å². The molecule has 1 N–H and O–H groups in total. The molecule has 2 heterocycles. The molecule has 0 aliphatic carbocycles. The van der Waals surface area contributed by atoms with Crippen LogP contribution in [0.1, 0.15) is 75.2 Å². The van der Waals surface area contributed by atoms with Crippen LogP contribution in [0.15, 0.2) is 23.7 Å². The van der Waals surface area contributed by atoms with Crippen molar-refractivity contribution in [3.8, 4) is 0 Å². The molecule has 2 aliphatic heterocycles. The first-order valence-corrected chi connectivity index (χ1v) is 11.6. The predicted octanol–water partition coefficient (Wildman–Crippen LogP) is 3.76. The lowest BCUT2D eigenvalue weighted by molar-refractivity contribution is -0.143. The maximum absolute atomic E-state index is 12.3. The summed E-state index contributed by atoms with van der Waals surface area (Å²) >= 11 is 0. The van der Waals surface area contributed by atoms with Gasteiger partial charge < -0.3 is 24.1 Å². The second kappa shape index (κ2) is 10.5. The van der Waals surface area contributed by atoms with Gasteiger partial charge in [0.05, 0.1) is 29.5 Å². The van der Waals surface area contributed by atoms with Gasteiger partial charge in [0.25, 0.3) is 0 Å². The minimum Gasteiger partial charge on any atom is -0.459 e. The number of carbonyl (C=O) groups is 2. The largest absolute Gasteiger partial charge is 0.489 e. The van der Waals surface area contributed by atoms with E-state index in [1.54, 1.807) is 13.0 Å². The van der Waals surface area contributed by atoms with E-state index >= 15 is 0 Å². The maximum Gasteiger partial charge on any atom is 0.489 e. The standard InChI is InChI=1S/C24H40BNO6/c1-15-14-20(26-22(28)13-11-17(3)29-19(5)27)18(4)30-21(15)12-10-16(2)25-31-23(6,7)24(8,9)32-25/h10-11,13,15,17-18,20-21H,12,14H2,1-9H3,(H,26,28)/b13-11-,16-10+/t15-,17+,18-,20-,21+/m1/s1. The van der Waals surface area contributed by atoms with Crippen LogP contribution in [0, 0.1) is 5.92 Å². The minimum absolute atomic E-state index is 0.0649. The van der Waals surface area contributed by atoms with Crippen molar-refractivity contribution >= 4 is 19.0 Å². The first-order chi connectivity index (χ1) is 14.7. The van der Waals surface area contributed by atoms with Gasteiger partial charge in [-0.15, -0.1) is 0 Å². The van der Waals surface area contributed by atoms with Crippen LogP contribution in [0.25, 0.3) is 0 Å². The third-order valence-corrected chi connectivity index (χ3v) is 6.71. The molecule has 2 saturated heterocycles. The molecule has 0 aromatic heterocycles. The van der Waals surface area contributed by atoms with Crippen molar-refractivity contribution < 1.29 is 28.4 Å². The monoisotopic (exact) mass is 449 g/mol. The minimum atomic E-state index is -0.444. The van der Waals surface area contributed by atoms with Crippen molar-refractivity contribution in [3.63, 3.8) is 0 Å². The van der Waals surface area contributed by atoms with E-state index in [1.807, 2.05) is 13.8 Å². The van der Waals surface area contributed by atoms with Crippen molar-refractivity contribution in [1.29, 1.82) is 0 Å². The van der Waals surface area contributed by atoms with Crippen LogP contribution in [0.4, 0.5) is 0 Å². The highest BCUT2D eigenvalue weighted by atomic mass is 16.7. The summed E-state index contributed by atoms with van der Waals surface area (Å²) in [5, 5.41) is 3.01. The Morgan fingerprint density at radius 2 is 1.75 bits per heavy atom. The Morgan fingerprint density at radius 1 is 1.16 bits per heavy atom. The van der Waals surface area contributed by atoms with E-state index < -0.39 is 6.10 Å². The molecule has 0 unspecified atom stereocenters. The number of ether oxygens (including phenoxy) is 2. The smallest absolute Gasteiger partial charge is 0.459 e. The lowest BCUT2D eigenvalue weighted by Gasteiger charge is -2.39. The highest BCUT2D eigenvalue weighted by molar-refractivity contribution is 6.54. The predicted molar refractivity (Wildman–Crippen MR) is 125 cm³/mol. The zero-order valence-corrected chi connectivity index (χ0v) is 21.1. The van der Waals surface area contributed by atoms with E-state index in [0.29, 0.717) is 0 Å². The van der Waals surface area contributed by atoms with Gasteiger partial charge in [0.1, 0.15) is 6.10 Å². The molecule has 0 spiro atoms. The van der Waals surface area contributed by atoms with Crippen molar-refractivity contribution in [3.05, 3.63) is 23.7 Å². The fraction of sp³-hybridized carbons (Fsp3) is 0.750. The number of rotatable bonds is 7. The van der Waals surface area contributed by atoms with Gasteiger partial charge in [-0.05, 0) is 78.8 Å². The number of amides is 1. The van der Waals surface area contributed by atoms with Crippen molar-refractivity contribution in [1.82, 2.24) is 5.32 Å². The summed E-state index contributed by atoms with van der Waals surface area (Å²) in [6, 6.07) is -0.0735. The number of carbonyl (C=O) groups excluding carboxylic acids is 2. The van der Waals surface area contributed by atoms with Gasteiger partial charge in [0, 0.05) is 13.0 Å². The van der Waals surface area contributed by atoms with Gasteiger partial charge >= 0.3 is 13.1 Å². The Hall–Kier alpha value is -1.64.